The SMILES string of the molecule is COC(=O)C(C)(C(=O)Nc1ccc(N)cc1)c1ccc(OC)cc1.Cl. The third kappa shape index (κ3) is 4.22. The molecule has 134 valence electrons. The van der Waals surface area contributed by atoms with E-state index in [9.17, 15) is 9.59 Å². The third-order valence-corrected chi connectivity index (χ3v) is 3.88. The van der Waals surface area contributed by atoms with Crippen molar-refractivity contribution in [1.82, 2.24) is 0 Å². The maximum Gasteiger partial charge on any atom is 0.325 e. The number of nitrogens with one attached hydrogen (secondary N) is 1. The van der Waals surface area contributed by atoms with E-state index in [1.165, 1.54) is 14.0 Å². The number of ether oxygens (including phenoxy) is 2. The minimum Gasteiger partial charge on any atom is -0.497 e. The molecule has 0 aliphatic heterocycles. The summed E-state index contributed by atoms with van der Waals surface area (Å²) in [6.45, 7) is 1.52. The topological polar surface area (TPSA) is 90.7 Å². The van der Waals surface area contributed by atoms with E-state index in [-0.39, 0.29) is 12.4 Å². The van der Waals surface area contributed by atoms with Gasteiger partial charge in [-0.1, -0.05) is 12.1 Å². The molecule has 0 fully saturated rings. The van der Waals surface area contributed by atoms with Crippen molar-refractivity contribution >= 4 is 35.7 Å². The second-order valence-corrected chi connectivity index (χ2v) is 5.42. The van der Waals surface area contributed by atoms with Crippen molar-refractivity contribution in [2.24, 2.45) is 0 Å². The molecule has 1 atom stereocenters. The maximum atomic E-state index is 12.8. The lowest BCUT2D eigenvalue weighted by atomic mass is 9.81. The Bertz CT molecular complexity index is 732. The van der Waals surface area contributed by atoms with Crippen LogP contribution in [0.15, 0.2) is 48.5 Å². The Hall–Kier alpha value is -2.73. The smallest absolute Gasteiger partial charge is 0.325 e. The molecule has 2 aromatic carbocycles. The van der Waals surface area contributed by atoms with Crippen molar-refractivity contribution in [2.45, 2.75) is 12.3 Å². The molecule has 1 amide bonds. The highest BCUT2D eigenvalue weighted by Gasteiger charge is 2.44. The molecule has 1 unspecified atom stereocenters. The summed E-state index contributed by atoms with van der Waals surface area (Å²) in [7, 11) is 2.79. The molecule has 25 heavy (non-hydrogen) atoms. The predicted octanol–water partition coefficient (Wildman–Crippen LogP) is 2.77. The Kier molecular flexibility index (Phi) is 6.82. The van der Waals surface area contributed by atoms with Gasteiger partial charge in [-0.15, -0.1) is 12.4 Å². The van der Waals surface area contributed by atoms with E-state index in [1.807, 2.05) is 0 Å². The van der Waals surface area contributed by atoms with Crippen LogP contribution in [0.2, 0.25) is 0 Å². The third-order valence-electron chi connectivity index (χ3n) is 3.88. The second-order valence-electron chi connectivity index (χ2n) is 5.42. The highest BCUT2D eigenvalue weighted by Crippen LogP contribution is 2.29. The average Bonchev–Trinajstić information content (AvgIpc) is 2.62. The molecule has 0 saturated carbocycles. The molecule has 2 rings (SSSR count). The van der Waals surface area contributed by atoms with Gasteiger partial charge in [0.15, 0.2) is 5.41 Å². The number of nitrogen functional groups attached to an aromatic ring is 1. The molecule has 0 aromatic heterocycles. The number of rotatable bonds is 5. The van der Waals surface area contributed by atoms with Gasteiger partial charge >= 0.3 is 5.97 Å². The Balaban J connectivity index is 0.00000312. The van der Waals surface area contributed by atoms with E-state index < -0.39 is 17.3 Å². The van der Waals surface area contributed by atoms with Crippen LogP contribution >= 0.6 is 12.4 Å². The van der Waals surface area contributed by atoms with Crippen molar-refractivity contribution in [2.75, 3.05) is 25.3 Å². The normalized spacial score (nSPS) is 12.3. The number of halogens is 1. The van der Waals surface area contributed by atoms with Gasteiger partial charge < -0.3 is 20.5 Å². The number of carbonyl (C=O) groups excluding carboxylic acids is 2. The van der Waals surface area contributed by atoms with Gasteiger partial charge in [0.2, 0.25) is 5.91 Å². The monoisotopic (exact) mass is 364 g/mol. The fraction of sp³-hybridized carbons (Fsp3) is 0.222. The van der Waals surface area contributed by atoms with Gasteiger partial charge in [0.05, 0.1) is 14.2 Å². The minimum atomic E-state index is -1.50. The van der Waals surface area contributed by atoms with Gasteiger partial charge in [0.1, 0.15) is 5.75 Å². The van der Waals surface area contributed by atoms with Crippen LogP contribution in [0.4, 0.5) is 11.4 Å². The molecule has 0 heterocycles. The summed E-state index contributed by atoms with van der Waals surface area (Å²) < 4.78 is 9.96. The van der Waals surface area contributed by atoms with Crippen molar-refractivity contribution in [3.8, 4) is 5.75 Å². The van der Waals surface area contributed by atoms with Crippen LogP contribution in [-0.2, 0) is 19.7 Å². The van der Waals surface area contributed by atoms with Crippen LogP contribution in [-0.4, -0.2) is 26.1 Å². The number of amides is 1. The largest absolute Gasteiger partial charge is 0.497 e. The van der Waals surface area contributed by atoms with E-state index >= 15 is 0 Å². The Morgan fingerprint density at radius 2 is 1.56 bits per heavy atom. The predicted molar refractivity (Wildman–Crippen MR) is 99.1 cm³/mol. The Morgan fingerprint density at radius 3 is 2.04 bits per heavy atom. The quantitative estimate of drug-likeness (QED) is 0.483. The number of carbonyl (C=O) groups is 2. The van der Waals surface area contributed by atoms with E-state index in [0.717, 1.165) is 0 Å². The highest BCUT2D eigenvalue weighted by molar-refractivity contribution is 6.13. The molecule has 0 aliphatic rings. The number of esters is 1. The molecule has 0 bridgehead atoms. The molecule has 0 aliphatic carbocycles. The molecule has 0 radical (unpaired) electrons. The van der Waals surface area contributed by atoms with E-state index in [0.29, 0.717) is 22.7 Å². The molecule has 7 heteroatoms. The van der Waals surface area contributed by atoms with Crippen LogP contribution in [0.25, 0.3) is 0 Å². The highest BCUT2D eigenvalue weighted by atomic mass is 35.5. The second kappa shape index (κ2) is 8.39. The molecule has 2 aromatic rings. The summed E-state index contributed by atoms with van der Waals surface area (Å²) in [5.41, 5.74) is 5.76. The van der Waals surface area contributed by atoms with Crippen LogP contribution < -0.4 is 15.8 Å². The van der Waals surface area contributed by atoms with Crippen LogP contribution in [0, 0.1) is 0 Å². The number of benzene rings is 2. The molecule has 0 saturated heterocycles. The Labute approximate surface area is 152 Å². The standard InChI is InChI=1S/C18H20N2O4.ClH/c1-18(17(22)24-3,12-4-10-15(23-2)11-5-12)16(21)20-14-8-6-13(19)7-9-14;/h4-11H,19H2,1-3H3,(H,20,21);1H. The van der Waals surface area contributed by atoms with E-state index in [2.05, 4.69) is 5.32 Å². The molecule has 3 N–H and O–H groups in total. The van der Waals surface area contributed by atoms with E-state index in [4.69, 9.17) is 15.2 Å². The first-order valence-corrected chi connectivity index (χ1v) is 7.31. The molecule has 0 spiro atoms. The summed E-state index contributed by atoms with van der Waals surface area (Å²) >= 11 is 0. The van der Waals surface area contributed by atoms with Crippen LogP contribution in [0.1, 0.15) is 12.5 Å². The number of nitrogens with two attached hydrogens (primary N) is 1. The summed E-state index contributed by atoms with van der Waals surface area (Å²) in [4.78, 5) is 25.1. The lowest BCUT2D eigenvalue weighted by Gasteiger charge is -2.26. The fourth-order valence-electron chi connectivity index (χ4n) is 2.29. The minimum absolute atomic E-state index is 0. The first kappa shape index (κ1) is 20.3. The summed E-state index contributed by atoms with van der Waals surface area (Å²) in [5, 5.41) is 2.73. The molecular weight excluding hydrogens is 344 g/mol. The van der Waals surface area contributed by atoms with Crippen LogP contribution in [0.3, 0.4) is 0 Å². The lowest BCUT2D eigenvalue weighted by Crippen LogP contribution is -2.45. The van der Waals surface area contributed by atoms with Crippen molar-refractivity contribution < 1.29 is 19.1 Å². The molecular formula is C18H21ClN2O4. The number of anilines is 2. The number of hydrogen-bond donors (Lipinski definition) is 2. The molecule has 6 nitrogen and oxygen atoms in total. The Morgan fingerprint density at radius 1 is 1.00 bits per heavy atom. The van der Waals surface area contributed by atoms with Crippen molar-refractivity contribution in [3.63, 3.8) is 0 Å². The zero-order valence-electron chi connectivity index (χ0n) is 14.2. The van der Waals surface area contributed by atoms with E-state index in [1.54, 1.807) is 55.6 Å². The zero-order chi connectivity index (χ0) is 17.7. The average molecular weight is 365 g/mol. The van der Waals surface area contributed by atoms with Gasteiger partial charge in [-0.3, -0.25) is 9.59 Å². The number of methoxy groups -OCH3 is 2. The van der Waals surface area contributed by atoms with Gasteiger partial charge in [0, 0.05) is 11.4 Å². The fourth-order valence-corrected chi connectivity index (χ4v) is 2.29. The van der Waals surface area contributed by atoms with Crippen LogP contribution in [0.5, 0.6) is 5.75 Å². The summed E-state index contributed by atoms with van der Waals surface area (Å²) in [6, 6.07) is 13.4. The lowest BCUT2D eigenvalue weighted by molar-refractivity contribution is -0.150. The zero-order valence-corrected chi connectivity index (χ0v) is 15.1. The van der Waals surface area contributed by atoms with Gasteiger partial charge in [0.25, 0.3) is 0 Å². The van der Waals surface area contributed by atoms with Gasteiger partial charge in [-0.2, -0.15) is 0 Å². The summed E-state index contributed by atoms with van der Waals surface area (Å²) in [6.07, 6.45) is 0. The summed E-state index contributed by atoms with van der Waals surface area (Å²) in [5.74, 6) is -0.519. The first-order chi connectivity index (χ1) is 11.4. The van der Waals surface area contributed by atoms with Crippen molar-refractivity contribution in [3.05, 3.63) is 54.1 Å². The first-order valence-electron chi connectivity index (χ1n) is 7.31. The van der Waals surface area contributed by atoms with Gasteiger partial charge in [-0.25, -0.2) is 0 Å². The maximum absolute atomic E-state index is 12.8. The van der Waals surface area contributed by atoms with Crippen molar-refractivity contribution in [1.29, 1.82) is 0 Å². The van der Waals surface area contributed by atoms with Gasteiger partial charge in [-0.05, 0) is 48.9 Å². The number of hydrogen-bond acceptors (Lipinski definition) is 5.